The average molecular weight is 190 g/mol. The van der Waals surface area contributed by atoms with Gasteiger partial charge in [0.1, 0.15) is 0 Å². The summed E-state index contributed by atoms with van der Waals surface area (Å²) in [5, 5.41) is 0. The summed E-state index contributed by atoms with van der Waals surface area (Å²) < 4.78 is 0. The second kappa shape index (κ2) is 4.67. The molecule has 0 radical (unpaired) electrons. The molecule has 0 aliphatic carbocycles. The molecule has 0 bridgehead atoms. The Morgan fingerprint density at radius 3 is 3.07 bits per heavy atom. The van der Waals surface area contributed by atoms with Crippen LogP contribution in [0.3, 0.4) is 0 Å². The van der Waals surface area contributed by atoms with Crippen molar-refractivity contribution in [2.45, 2.75) is 19.4 Å². The zero-order valence-electron chi connectivity index (χ0n) is 8.23. The number of Topliss-reactive ketones (excluding diaryl/α,β-unsaturated/α-hetero) is 1. The molecule has 3 nitrogen and oxygen atoms in total. The van der Waals surface area contributed by atoms with E-state index in [-0.39, 0.29) is 5.78 Å². The number of aromatic nitrogens is 1. The fourth-order valence-corrected chi connectivity index (χ4v) is 1.21. The lowest BCUT2D eigenvalue weighted by atomic mass is 10.0. The van der Waals surface area contributed by atoms with Gasteiger partial charge in [0.05, 0.1) is 6.04 Å². The van der Waals surface area contributed by atoms with Gasteiger partial charge in [-0.3, -0.25) is 9.78 Å². The first-order valence-electron chi connectivity index (χ1n) is 4.48. The van der Waals surface area contributed by atoms with Gasteiger partial charge in [0, 0.05) is 18.0 Å². The van der Waals surface area contributed by atoms with Crippen LogP contribution in [0.1, 0.15) is 22.3 Å². The molecule has 1 aromatic heterocycles. The van der Waals surface area contributed by atoms with Gasteiger partial charge in [-0.2, -0.15) is 0 Å². The SMILES string of the molecule is C=CCC(N)C(=O)c1cnccc1C. The van der Waals surface area contributed by atoms with Crippen LogP contribution in [0.4, 0.5) is 0 Å². The Hall–Kier alpha value is -1.48. The Morgan fingerprint density at radius 1 is 1.79 bits per heavy atom. The number of hydrogen-bond donors (Lipinski definition) is 1. The molecule has 1 aromatic rings. The minimum atomic E-state index is -0.504. The molecule has 1 atom stereocenters. The van der Waals surface area contributed by atoms with Crippen LogP contribution in [-0.2, 0) is 0 Å². The number of carbonyl (C=O) groups excluding carboxylic acids is 1. The molecule has 0 aliphatic rings. The molecule has 74 valence electrons. The molecule has 1 heterocycles. The molecule has 0 aliphatic heterocycles. The zero-order valence-corrected chi connectivity index (χ0v) is 8.23. The predicted molar refractivity (Wildman–Crippen MR) is 56.1 cm³/mol. The first-order valence-corrected chi connectivity index (χ1v) is 4.48. The highest BCUT2D eigenvalue weighted by Crippen LogP contribution is 2.09. The van der Waals surface area contributed by atoms with Gasteiger partial charge < -0.3 is 5.73 Å². The van der Waals surface area contributed by atoms with Crippen LogP contribution in [-0.4, -0.2) is 16.8 Å². The molecule has 3 heteroatoms. The Labute approximate surface area is 83.7 Å². The zero-order chi connectivity index (χ0) is 10.6. The quantitative estimate of drug-likeness (QED) is 0.578. The lowest BCUT2D eigenvalue weighted by Crippen LogP contribution is -2.30. The summed E-state index contributed by atoms with van der Waals surface area (Å²) >= 11 is 0. The highest BCUT2D eigenvalue weighted by atomic mass is 16.1. The maximum absolute atomic E-state index is 11.7. The normalized spacial score (nSPS) is 12.1. The number of pyridine rings is 1. The summed E-state index contributed by atoms with van der Waals surface area (Å²) in [6.45, 7) is 5.42. The number of rotatable bonds is 4. The summed E-state index contributed by atoms with van der Waals surface area (Å²) in [6.07, 6.45) is 5.35. The molecule has 0 spiro atoms. The van der Waals surface area contributed by atoms with E-state index < -0.39 is 6.04 Å². The molecule has 14 heavy (non-hydrogen) atoms. The maximum Gasteiger partial charge on any atom is 0.181 e. The lowest BCUT2D eigenvalue weighted by molar-refractivity contribution is 0.0961. The standard InChI is InChI=1S/C11H14N2O/c1-3-4-10(12)11(14)9-7-13-6-5-8(9)2/h3,5-7,10H,1,4,12H2,2H3. The summed E-state index contributed by atoms with van der Waals surface area (Å²) in [4.78, 5) is 15.6. The van der Waals surface area contributed by atoms with Crippen molar-refractivity contribution in [1.82, 2.24) is 4.98 Å². The monoisotopic (exact) mass is 190 g/mol. The highest BCUT2D eigenvalue weighted by molar-refractivity contribution is 6.00. The fourth-order valence-electron chi connectivity index (χ4n) is 1.21. The van der Waals surface area contributed by atoms with E-state index in [2.05, 4.69) is 11.6 Å². The van der Waals surface area contributed by atoms with Gasteiger partial charge in [0.2, 0.25) is 0 Å². The summed E-state index contributed by atoms with van der Waals surface area (Å²) in [5.41, 5.74) is 7.19. The Bertz CT molecular complexity index is 347. The van der Waals surface area contributed by atoms with E-state index in [0.717, 1.165) is 5.56 Å². The van der Waals surface area contributed by atoms with Gasteiger partial charge in [-0.15, -0.1) is 6.58 Å². The molecule has 2 N–H and O–H groups in total. The third-order valence-corrected chi connectivity index (χ3v) is 2.06. The number of hydrogen-bond acceptors (Lipinski definition) is 3. The summed E-state index contributed by atoms with van der Waals surface area (Å²) in [5.74, 6) is -0.0736. The van der Waals surface area contributed by atoms with E-state index in [1.54, 1.807) is 24.5 Å². The number of carbonyl (C=O) groups is 1. The Balaban J connectivity index is 2.89. The third-order valence-electron chi connectivity index (χ3n) is 2.06. The molecule has 1 unspecified atom stereocenters. The van der Waals surface area contributed by atoms with E-state index in [1.807, 2.05) is 6.92 Å². The number of nitrogens with two attached hydrogens (primary N) is 1. The van der Waals surface area contributed by atoms with E-state index in [9.17, 15) is 4.79 Å². The van der Waals surface area contributed by atoms with Gasteiger partial charge in [0.15, 0.2) is 5.78 Å². The Kier molecular flexibility index (Phi) is 3.54. The van der Waals surface area contributed by atoms with Gasteiger partial charge in [-0.05, 0) is 25.0 Å². The molecule has 1 rings (SSSR count). The van der Waals surface area contributed by atoms with Crippen molar-refractivity contribution in [1.29, 1.82) is 0 Å². The van der Waals surface area contributed by atoms with Crippen molar-refractivity contribution < 1.29 is 4.79 Å². The average Bonchev–Trinajstić information content (AvgIpc) is 2.18. The number of nitrogens with zero attached hydrogens (tertiary/aromatic N) is 1. The topological polar surface area (TPSA) is 56.0 Å². The lowest BCUT2D eigenvalue weighted by Gasteiger charge is -2.09. The molecule has 0 saturated carbocycles. The second-order valence-corrected chi connectivity index (χ2v) is 3.19. The second-order valence-electron chi connectivity index (χ2n) is 3.19. The summed E-state index contributed by atoms with van der Waals surface area (Å²) in [6, 6.07) is 1.30. The smallest absolute Gasteiger partial charge is 0.181 e. The van der Waals surface area contributed by atoms with Crippen molar-refractivity contribution in [2.75, 3.05) is 0 Å². The number of ketones is 1. The first kappa shape index (κ1) is 10.6. The minimum absolute atomic E-state index is 0.0736. The van der Waals surface area contributed by atoms with Gasteiger partial charge in [-0.25, -0.2) is 0 Å². The van der Waals surface area contributed by atoms with Crippen LogP contribution in [0.15, 0.2) is 31.1 Å². The van der Waals surface area contributed by atoms with Crippen molar-refractivity contribution in [2.24, 2.45) is 5.73 Å². The van der Waals surface area contributed by atoms with Crippen LogP contribution in [0.25, 0.3) is 0 Å². The first-order chi connectivity index (χ1) is 6.66. The third kappa shape index (κ3) is 2.26. The van der Waals surface area contributed by atoms with E-state index in [0.29, 0.717) is 12.0 Å². The van der Waals surface area contributed by atoms with E-state index in [1.165, 1.54) is 0 Å². The van der Waals surface area contributed by atoms with Crippen LogP contribution in [0.5, 0.6) is 0 Å². The summed E-state index contributed by atoms with van der Waals surface area (Å²) in [7, 11) is 0. The van der Waals surface area contributed by atoms with Crippen molar-refractivity contribution in [3.05, 3.63) is 42.2 Å². The van der Waals surface area contributed by atoms with Crippen LogP contribution < -0.4 is 5.73 Å². The number of aryl methyl sites for hydroxylation is 1. The molecule has 0 aromatic carbocycles. The van der Waals surface area contributed by atoms with Crippen LogP contribution in [0, 0.1) is 6.92 Å². The minimum Gasteiger partial charge on any atom is -0.321 e. The predicted octanol–water partition coefficient (Wildman–Crippen LogP) is 1.48. The van der Waals surface area contributed by atoms with Crippen LogP contribution >= 0.6 is 0 Å². The van der Waals surface area contributed by atoms with E-state index in [4.69, 9.17) is 5.73 Å². The van der Waals surface area contributed by atoms with Crippen molar-refractivity contribution in [3.8, 4) is 0 Å². The largest absolute Gasteiger partial charge is 0.321 e. The molecule has 0 fully saturated rings. The van der Waals surface area contributed by atoms with E-state index >= 15 is 0 Å². The van der Waals surface area contributed by atoms with Crippen molar-refractivity contribution in [3.63, 3.8) is 0 Å². The highest BCUT2D eigenvalue weighted by Gasteiger charge is 2.15. The molecule has 0 saturated heterocycles. The van der Waals surface area contributed by atoms with Gasteiger partial charge in [-0.1, -0.05) is 6.08 Å². The fraction of sp³-hybridized carbons (Fsp3) is 0.273. The van der Waals surface area contributed by atoms with Gasteiger partial charge >= 0.3 is 0 Å². The molecular weight excluding hydrogens is 176 g/mol. The van der Waals surface area contributed by atoms with Crippen molar-refractivity contribution >= 4 is 5.78 Å². The molecular formula is C11H14N2O. The van der Waals surface area contributed by atoms with Gasteiger partial charge in [0.25, 0.3) is 0 Å². The Morgan fingerprint density at radius 2 is 2.50 bits per heavy atom. The van der Waals surface area contributed by atoms with Crippen LogP contribution in [0.2, 0.25) is 0 Å². The molecule has 0 amide bonds. The maximum atomic E-state index is 11.7.